The number of nitrogens with zero attached hydrogens (tertiary/aromatic N) is 1. The van der Waals surface area contributed by atoms with Gasteiger partial charge in [0.2, 0.25) is 11.8 Å². The molecule has 4 nitrogen and oxygen atoms in total. The van der Waals surface area contributed by atoms with Crippen LogP contribution in [0.15, 0.2) is 36.4 Å². The summed E-state index contributed by atoms with van der Waals surface area (Å²) in [6.45, 7) is 4.29. The van der Waals surface area contributed by atoms with Crippen molar-refractivity contribution in [2.24, 2.45) is 0 Å². The molecular weight excluding hydrogens is 454 g/mol. The fraction of sp³-hybridized carbons (Fsp3) is 0.333. The molecule has 0 fully saturated rings. The summed E-state index contributed by atoms with van der Waals surface area (Å²) in [6, 6.07) is 9.44. The first-order valence-corrected chi connectivity index (χ1v) is 10.7. The summed E-state index contributed by atoms with van der Waals surface area (Å²) < 4.78 is 0. The minimum Gasteiger partial charge on any atom is -0.354 e. The van der Waals surface area contributed by atoms with Gasteiger partial charge in [-0.2, -0.15) is 0 Å². The van der Waals surface area contributed by atoms with Crippen LogP contribution in [-0.4, -0.2) is 29.3 Å². The topological polar surface area (TPSA) is 49.4 Å². The van der Waals surface area contributed by atoms with Gasteiger partial charge < -0.3 is 10.2 Å². The second-order valence-electron chi connectivity index (χ2n) is 6.61. The van der Waals surface area contributed by atoms with Gasteiger partial charge in [-0.05, 0) is 43.2 Å². The van der Waals surface area contributed by atoms with Gasteiger partial charge >= 0.3 is 0 Å². The highest BCUT2D eigenvalue weighted by atomic mass is 35.5. The summed E-state index contributed by atoms with van der Waals surface area (Å²) in [6.07, 6.45) is 0.858. The molecule has 2 amide bonds. The number of benzene rings is 2. The third-order valence-electron chi connectivity index (χ3n) is 4.45. The number of hydrogen-bond donors (Lipinski definition) is 1. The lowest BCUT2D eigenvalue weighted by Gasteiger charge is -2.29. The van der Waals surface area contributed by atoms with Crippen molar-refractivity contribution in [2.75, 3.05) is 6.54 Å². The summed E-state index contributed by atoms with van der Waals surface area (Å²) in [5, 5.41) is 4.48. The molecular formula is C21H22Cl4N2O2. The third-order valence-corrected chi connectivity index (χ3v) is 5.89. The molecule has 0 aromatic heterocycles. The summed E-state index contributed by atoms with van der Waals surface area (Å²) >= 11 is 24.6. The molecule has 0 bridgehead atoms. The molecule has 1 atom stereocenters. The number of nitrogens with one attached hydrogen (secondary N) is 1. The lowest BCUT2D eigenvalue weighted by atomic mass is 10.1. The number of hydrogen-bond acceptors (Lipinski definition) is 2. The maximum Gasteiger partial charge on any atom is 0.242 e. The minimum atomic E-state index is -0.704. The highest BCUT2D eigenvalue weighted by molar-refractivity contribution is 6.42. The van der Waals surface area contributed by atoms with Crippen LogP contribution in [0.1, 0.15) is 31.4 Å². The molecule has 0 heterocycles. The molecule has 0 aliphatic carbocycles. The fourth-order valence-electron chi connectivity index (χ4n) is 2.76. The predicted octanol–water partition coefficient (Wildman–Crippen LogP) is 5.79. The maximum absolute atomic E-state index is 13.1. The second kappa shape index (κ2) is 11.1. The molecule has 0 saturated heterocycles. The van der Waals surface area contributed by atoms with Crippen molar-refractivity contribution in [1.29, 1.82) is 0 Å². The molecule has 0 aliphatic heterocycles. The lowest BCUT2D eigenvalue weighted by molar-refractivity contribution is -0.140. The van der Waals surface area contributed by atoms with E-state index in [1.165, 1.54) is 4.90 Å². The summed E-state index contributed by atoms with van der Waals surface area (Å²) in [7, 11) is 0. The van der Waals surface area contributed by atoms with E-state index in [0.29, 0.717) is 37.8 Å². The van der Waals surface area contributed by atoms with Crippen LogP contribution >= 0.6 is 46.4 Å². The van der Waals surface area contributed by atoms with E-state index in [9.17, 15) is 9.59 Å². The fourth-order valence-corrected chi connectivity index (χ4v) is 3.60. The van der Waals surface area contributed by atoms with Crippen LogP contribution in [0.25, 0.3) is 0 Å². The molecule has 2 aromatic carbocycles. The Hall–Kier alpha value is -1.46. The standard InChI is InChI=1S/C21H22Cl4N2O2/c1-3-9-26-21(29)13(2)27(12-15-16(22)5-4-6-17(15)23)20(28)11-14-7-8-18(24)19(25)10-14/h4-8,10,13H,3,9,11-12H2,1-2H3,(H,26,29). The molecule has 0 radical (unpaired) electrons. The van der Waals surface area contributed by atoms with Crippen LogP contribution in [0, 0.1) is 0 Å². The van der Waals surface area contributed by atoms with Gasteiger partial charge in [0.25, 0.3) is 0 Å². The SMILES string of the molecule is CCCNC(=O)C(C)N(Cc1c(Cl)cccc1Cl)C(=O)Cc1ccc(Cl)c(Cl)c1. The van der Waals surface area contributed by atoms with Crippen molar-refractivity contribution in [3.8, 4) is 0 Å². The monoisotopic (exact) mass is 474 g/mol. The molecule has 1 N–H and O–H groups in total. The van der Waals surface area contributed by atoms with Gasteiger partial charge in [-0.15, -0.1) is 0 Å². The van der Waals surface area contributed by atoms with Crippen LogP contribution < -0.4 is 5.32 Å². The molecule has 0 aliphatic rings. The molecule has 156 valence electrons. The van der Waals surface area contributed by atoms with E-state index in [1.807, 2.05) is 6.92 Å². The lowest BCUT2D eigenvalue weighted by Crippen LogP contribution is -2.48. The van der Waals surface area contributed by atoms with Crippen LogP contribution in [0.3, 0.4) is 0 Å². The van der Waals surface area contributed by atoms with Gasteiger partial charge in [-0.3, -0.25) is 9.59 Å². The second-order valence-corrected chi connectivity index (χ2v) is 8.24. The van der Waals surface area contributed by atoms with Gasteiger partial charge in [-0.1, -0.05) is 65.5 Å². The molecule has 29 heavy (non-hydrogen) atoms. The van der Waals surface area contributed by atoms with Gasteiger partial charge in [0.05, 0.1) is 16.5 Å². The average Bonchev–Trinajstić information content (AvgIpc) is 2.68. The Labute approximate surface area is 191 Å². The van der Waals surface area contributed by atoms with E-state index in [4.69, 9.17) is 46.4 Å². The number of amides is 2. The first-order chi connectivity index (χ1) is 13.7. The van der Waals surface area contributed by atoms with Crippen LogP contribution in [-0.2, 0) is 22.6 Å². The number of rotatable bonds is 8. The Kier molecular flexibility index (Phi) is 9.09. The largest absolute Gasteiger partial charge is 0.354 e. The van der Waals surface area contributed by atoms with E-state index >= 15 is 0 Å². The number of halogens is 4. The Morgan fingerprint density at radius 2 is 1.66 bits per heavy atom. The molecule has 2 aromatic rings. The van der Waals surface area contributed by atoms with Gasteiger partial charge in [0, 0.05) is 28.7 Å². The van der Waals surface area contributed by atoms with E-state index in [1.54, 1.807) is 43.3 Å². The van der Waals surface area contributed by atoms with Crippen molar-refractivity contribution in [2.45, 2.75) is 39.3 Å². The van der Waals surface area contributed by atoms with E-state index < -0.39 is 6.04 Å². The Bertz CT molecular complexity index is 869. The van der Waals surface area contributed by atoms with Crippen molar-refractivity contribution in [3.63, 3.8) is 0 Å². The maximum atomic E-state index is 13.1. The first-order valence-electron chi connectivity index (χ1n) is 9.18. The smallest absolute Gasteiger partial charge is 0.242 e. The highest BCUT2D eigenvalue weighted by Gasteiger charge is 2.27. The van der Waals surface area contributed by atoms with Crippen molar-refractivity contribution >= 4 is 58.2 Å². The van der Waals surface area contributed by atoms with Crippen molar-refractivity contribution in [3.05, 3.63) is 67.6 Å². The van der Waals surface area contributed by atoms with Gasteiger partial charge in [0.1, 0.15) is 6.04 Å². The van der Waals surface area contributed by atoms with E-state index in [2.05, 4.69) is 5.32 Å². The summed E-state index contributed by atoms with van der Waals surface area (Å²) in [5.74, 6) is -0.490. The molecule has 0 saturated carbocycles. The first kappa shape index (κ1) is 23.8. The van der Waals surface area contributed by atoms with E-state index in [0.717, 1.165) is 6.42 Å². The van der Waals surface area contributed by atoms with Crippen LogP contribution in [0.4, 0.5) is 0 Å². The average molecular weight is 476 g/mol. The zero-order valence-electron chi connectivity index (χ0n) is 16.1. The zero-order chi connectivity index (χ0) is 21.6. The Morgan fingerprint density at radius 1 is 1.00 bits per heavy atom. The molecule has 2 rings (SSSR count). The molecule has 0 spiro atoms. The van der Waals surface area contributed by atoms with Gasteiger partial charge in [0.15, 0.2) is 0 Å². The zero-order valence-corrected chi connectivity index (χ0v) is 19.2. The quantitative estimate of drug-likeness (QED) is 0.525. The van der Waals surface area contributed by atoms with Crippen LogP contribution in [0.5, 0.6) is 0 Å². The summed E-state index contributed by atoms with van der Waals surface area (Å²) in [5.41, 5.74) is 1.29. The van der Waals surface area contributed by atoms with E-state index in [-0.39, 0.29) is 24.8 Å². The third kappa shape index (κ3) is 6.51. The Morgan fingerprint density at radius 3 is 2.24 bits per heavy atom. The predicted molar refractivity (Wildman–Crippen MR) is 120 cm³/mol. The van der Waals surface area contributed by atoms with Crippen molar-refractivity contribution < 1.29 is 9.59 Å². The van der Waals surface area contributed by atoms with Crippen molar-refractivity contribution in [1.82, 2.24) is 10.2 Å². The molecule has 1 unspecified atom stereocenters. The summed E-state index contributed by atoms with van der Waals surface area (Å²) in [4.78, 5) is 27.2. The number of carbonyl (C=O) groups excluding carboxylic acids is 2. The van der Waals surface area contributed by atoms with Gasteiger partial charge in [-0.25, -0.2) is 0 Å². The van der Waals surface area contributed by atoms with Crippen LogP contribution in [0.2, 0.25) is 20.1 Å². The highest BCUT2D eigenvalue weighted by Crippen LogP contribution is 2.27. The number of carbonyl (C=O) groups is 2. The Balaban J connectivity index is 2.30. The normalized spacial score (nSPS) is 11.8. The molecule has 8 heteroatoms. The minimum absolute atomic E-state index is 0.0599.